The Balaban J connectivity index is 2.50. The molecule has 4 nitrogen and oxygen atoms in total. The van der Waals surface area contributed by atoms with Crippen molar-refractivity contribution in [2.75, 3.05) is 6.54 Å². The molecule has 84 valence electrons. The summed E-state index contributed by atoms with van der Waals surface area (Å²) in [6, 6.07) is 3.22. The van der Waals surface area contributed by atoms with Gasteiger partial charge < -0.3 is 14.8 Å². The van der Waals surface area contributed by atoms with E-state index < -0.39 is 5.60 Å². The van der Waals surface area contributed by atoms with Gasteiger partial charge in [-0.2, -0.15) is 0 Å². The van der Waals surface area contributed by atoms with E-state index in [9.17, 15) is 9.90 Å². The minimum Gasteiger partial charge on any atom is -0.444 e. The standard InChI is InChI=1S/C10H14BrNO3/c1-3-10(2,14)6-12-9(13)7-4-5-8(11)15-7/h4-5,14H,3,6H2,1-2H3,(H,12,13). The summed E-state index contributed by atoms with van der Waals surface area (Å²) in [6.07, 6.45) is 0.579. The molecule has 0 spiro atoms. The molecule has 5 heteroatoms. The van der Waals surface area contributed by atoms with Crippen molar-refractivity contribution in [2.45, 2.75) is 25.9 Å². The first kappa shape index (κ1) is 12.3. The first-order valence-electron chi connectivity index (χ1n) is 4.70. The lowest BCUT2D eigenvalue weighted by atomic mass is 10.0. The number of hydrogen-bond donors (Lipinski definition) is 2. The number of hydrogen-bond acceptors (Lipinski definition) is 3. The van der Waals surface area contributed by atoms with Gasteiger partial charge in [-0.15, -0.1) is 0 Å². The van der Waals surface area contributed by atoms with Gasteiger partial charge in [-0.3, -0.25) is 4.79 Å². The third kappa shape index (κ3) is 3.68. The van der Waals surface area contributed by atoms with Crippen molar-refractivity contribution >= 4 is 21.8 Å². The normalized spacial score (nSPS) is 14.7. The first-order chi connectivity index (χ1) is 6.94. The van der Waals surface area contributed by atoms with Crippen LogP contribution in [0.4, 0.5) is 0 Å². The molecule has 0 fully saturated rings. The average Bonchev–Trinajstić information content (AvgIpc) is 2.61. The third-order valence-corrected chi connectivity index (χ3v) is 2.61. The second-order valence-corrected chi connectivity index (χ2v) is 4.42. The van der Waals surface area contributed by atoms with E-state index in [1.54, 1.807) is 19.1 Å². The van der Waals surface area contributed by atoms with Crippen LogP contribution in [0.2, 0.25) is 0 Å². The van der Waals surface area contributed by atoms with Crippen molar-refractivity contribution in [1.29, 1.82) is 0 Å². The van der Waals surface area contributed by atoms with Crippen LogP contribution < -0.4 is 5.32 Å². The van der Waals surface area contributed by atoms with Gasteiger partial charge in [-0.25, -0.2) is 0 Å². The van der Waals surface area contributed by atoms with Gasteiger partial charge in [0.1, 0.15) is 0 Å². The van der Waals surface area contributed by atoms with E-state index in [0.717, 1.165) is 0 Å². The second kappa shape index (κ2) is 4.81. The zero-order chi connectivity index (χ0) is 11.5. The molecule has 1 amide bonds. The fraction of sp³-hybridized carbons (Fsp3) is 0.500. The van der Waals surface area contributed by atoms with Gasteiger partial charge in [-0.1, -0.05) is 6.92 Å². The first-order valence-corrected chi connectivity index (χ1v) is 5.50. The molecule has 1 atom stereocenters. The molecule has 1 aromatic heterocycles. The fourth-order valence-corrected chi connectivity index (χ4v) is 1.23. The van der Waals surface area contributed by atoms with Crippen molar-refractivity contribution in [3.63, 3.8) is 0 Å². The highest BCUT2D eigenvalue weighted by molar-refractivity contribution is 9.10. The molecule has 1 heterocycles. The van der Waals surface area contributed by atoms with E-state index in [1.165, 1.54) is 0 Å². The number of furan rings is 1. The van der Waals surface area contributed by atoms with Gasteiger partial charge in [0.2, 0.25) is 0 Å². The summed E-state index contributed by atoms with van der Waals surface area (Å²) >= 11 is 3.11. The molecule has 1 aromatic rings. The van der Waals surface area contributed by atoms with E-state index in [-0.39, 0.29) is 18.2 Å². The highest BCUT2D eigenvalue weighted by Crippen LogP contribution is 2.14. The summed E-state index contributed by atoms with van der Waals surface area (Å²) in [5.41, 5.74) is -0.876. The lowest BCUT2D eigenvalue weighted by Gasteiger charge is -2.20. The zero-order valence-electron chi connectivity index (χ0n) is 8.71. The Morgan fingerprint density at radius 1 is 1.67 bits per heavy atom. The van der Waals surface area contributed by atoms with Crippen molar-refractivity contribution in [3.05, 3.63) is 22.6 Å². The molecule has 0 saturated heterocycles. The molecular weight excluding hydrogens is 262 g/mol. The minimum atomic E-state index is -0.876. The molecule has 0 saturated carbocycles. The maximum Gasteiger partial charge on any atom is 0.287 e. The number of carbonyl (C=O) groups excluding carboxylic acids is 1. The summed E-state index contributed by atoms with van der Waals surface area (Å²) < 4.78 is 5.58. The fourth-order valence-electron chi connectivity index (χ4n) is 0.919. The quantitative estimate of drug-likeness (QED) is 0.883. The van der Waals surface area contributed by atoms with Gasteiger partial charge in [0.15, 0.2) is 10.4 Å². The number of rotatable bonds is 4. The van der Waals surface area contributed by atoms with Crippen molar-refractivity contribution in [2.24, 2.45) is 0 Å². The molecule has 0 radical (unpaired) electrons. The molecule has 15 heavy (non-hydrogen) atoms. The van der Waals surface area contributed by atoms with Gasteiger partial charge in [0.05, 0.1) is 5.60 Å². The van der Waals surface area contributed by atoms with E-state index in [2.05, 4.69) is 21.2 Å². The Bertz CT molecular complexity index is 346. The molecule has 1 unspecified atom stereocenters. The van der Waals surface area contributed by atoms with Crippen LogP contribution in [0.5, 0.6) is 0 Å². The predicted octanol–water partition coefficient (Wildman–Crippen LogP) is 1.93. The molecule has 1 rings (SSSR count). The van der Waals surface area contributed by atoms with E-state index in [1.807, 2.05) is 6.92 Å². The zero-order valence-corrected chi connectivity index (χ0v) is 10.3. The Morgan fingerprint density at radius 3 is 2.80 bits per heavy atom. The van der Waals surface area contributed by atoms with Crippen LogP contribution in [0.25, 0.3) is 0 Å². The molecule has 2 N–H and O–H groups in total. The molecule has 0 aromatic carbocycles. The Morgan fingerprint density at radius 2 is 2.33 bits per heavy atom. The number of carbonyl (C=O) groups is 1. The second-order valence-electron chi connectivity index (χ2n) is 3.64. The lowest BCUT2D eigenvalue weighted by Crippen LogP contribution is -2.39. The largest absolute Gasteiger partial charge is 0.444 e. The number of aliphatic hydroxyl groups is 1. The van der Waals surface area contributed by atoms with Crippen molar-refractivity contribution < 1.29 is 14.3 Å². The predicted molar refractivity (Wildman–Crippen MR) is 59.7 cm³/mol. The highest BCUT2D eigenvalue weighted by Gasteiger charge is 2.19. The van der Waals surface area contributed by atoms with Gasteiger partial charge in [0, 0.05) is 6.54 Å². The van der Waals surface area contributed by atoms with Crippen LogP contribution in [0, 0.1) is 0 Å². The van der Waals surface area contributed by atoms with E-state index in [4.69, 9.17) is 4.42 Å². The van der Waals surface area contributed by atoms with Crippen molar-refractivity contribution in [3.8, 4) is 0 Å². The van der Waals surface area contributed by atoms with Gasteiger partial charge in [-0.05, 0) is 41.4 Å². The number of amides is 1. The van der Waals surface area contributed by atoms with Crippen LogP contribution in [0.15, 0.2) is 21.2 Å². The van der Waals surface area contributed by atoms with Crippen molar-refractivity contribution in [1.82, 2.24) is 5.32 Å². The number of nitrogens with one attached hydrogen (secondary N) is 1. The van der Waals surface area contributed by atoms with Crippen LogP contribution in [-0.2, 0) is 0 Å². The SMILES string of the molecule is CCC(C)(O)CNC(=O)c1ccc(Br)o1. The Hall–Kier alpha value is -0.810. The van der Waals surface area contributed by atoms with Gasteiger partial charge >= 0.3 is 0 Å². The highest BCUT2D eigenvalue weighted by atomic mass is 79.9. The average molecular weight is 276 g/mol. The third-order valence-electron chi connectivity index (χ3n) is 2.19. The molecule has 0 aliphatic rings. The summed E-state index contributed by atoms with van der Waals surface area (Å²) in [5.74, 6) is -0.0943. The molecule has 0 aliphatic heterocycles. The van der Waals surface area contributed by atoms with Crippen LogP contribution in [0.3, 0.4) is 0 Å². The molecular formula is C10H14BrNO3. The Labute approximate surface area is 96.8 Å². The smallest absolute Gasteiger partial charge is 0.287 e. The maximum absolute atomic E-state index is 11.5. The topological polar surface area (TPSA) is 62.5 Å². The molecule has 0 bridgehead atoms. The summed E-state index contributed by atoms with van der Waals surface area (Å²) in [7, 11) is 0. The summed E-state index contributed by atoms with van der Waals surface area (Å²) in [6.45, 7) is 3.74. The van der Waals surface area contributed by atoms with Crippen LogP contribution in [-0.4, -0.2) is 23.2 Å². The monoisotopic (exact) mass is 275 g/mol. The minimum absolute atomic E-state index is 0.209. The summed E-state index contributed by atoms with van der Waals surface area (Å²) in [5, 5.41) is 12.3. The maximum atomic E-state index is 11.5. The lowest BCUT2D eigenvalue weighted by molar-refractivity contribution is 0.0511. The Kier molecular flexibility index (Phi) is 3.93. The summed E-state index contributed by atoms with van der Waals surface area (Å²) in [4.78, 5) is 11.5. The van der Waals surface area contributed by atoms with Crippen LogP contribution >= 0.6 is 15.9 Å². The van der Waals surface area contributed by atoms with Crippen LogP contribution in [0.1, 0.15) is 30.8 Å². The van der Waals surface area contributed by atoms with E-state index in [0.29, 0.717) is 11.1 Å². The van der Waals surface area contributed by atoms with Gasteiger partial charge in [0.25, 0.3) is 5.91 Å². The number of halogens is 1. The van der Waals surface area contributed by atoms with E-state index >= 15 is 0 Å². The molecule has 0 aliphatic carbocycles.